The Morgan fingerprint density at radius 3 is 2.61 bits per heavy atom. The van der Waals surface area contributed by atoms with Gasteiger partial charge >= 0.3 is 0 Å². The normalized spacial score (nSPS) is 9.89. The van der Waals surface area contributed by atoms with E-state index in [1.807, 2.05) is 6.07 Å². The maximum absolute atomic E-state index is 13.3. The maximum Gasteiger partial charge on any atom is 0.143 e. The molecule has 0 heterocycles. The van der Waals surface area contributed by atoms with Crippen LogP contribution in [0.3, 0.4) is 0 Å². The van der Waals surface area contributed by atoms with Crippen LogP contribution in [-0.2, 0) is 0 Å². The van der Waals surface area contributed by atoms with Crippen molar-refractivity contribution in [2.45, 2.75) is 0 Å². The third kappa shape index (κ3) is 3.00. The number of nitrogens with zero attached hydrogens (tertiary/aromatic N) is 1. The molecular formula is C13H7BrClFN2. The van der Waals surface area contributed by atoms with E-state index in [1.54, 1.807) is 24.3 Å². The lowest BCUT2D eigenvalue weighted by molar-refractivity contribution is 0.629. The smallest absolute Gasteiger partial charge is 0.143 e. The molecule has 0 saturated heterocycles. The molecule has 1 N–H and O–H groups in total. The minimum atomic E-state index is -0.489. The molecule has 2 aromatic carbocycles. The van der Waals surface area contributed by atoms with Gasteiger partial charge in [-0.2, -0.15) is 5.26 Å². The molecule has 0 unspecified atom stereocenters. The van der Waals surface area contributed by atoms with Crippen LogP contribution < -0.4 is 5.32 Å². The zero-order valence-corrected chi connectivity index (χ0v) is 11.4. The second-order valence-corrected chi connectivity index (χ2v) is 4.92. The molecule has 2 aromatic rings. The Morgan fingerprint density at radius 2 is 1.94 bits per heavy atom. The first-order chi connectivity index (χ1) is 8.58. The molecule has 18 heavy (non-hydrogen) atoms. The van der Waals surface area contributed by atoms with Gasteiger partial charge in [0.2, 0.25) is 0 Å². The summed E-state index contributed by atoms with van der Waals surface area (Å²) >= 11 is 8.91. The molecule has 90 valence electrons. The second kappa shape index (κ2) is 5.38. The van der Waals surface area contributed by atoms with Crippen molar-refractivity contribution in [3.8, 4) is 6.07 Å². The molecule has 5 heteroatoms. The molecule has 0 bridgehead atoms. The lowest BCUT2D eigenvalue weighted by Crippen LogP contribution is -1.92. The van der Waals surface area contributed by atoms with E-state index in [0.717, 1.165) is 4.47 Å². The molecule has 0 atom stereocenters. The summed E-state index contributed by atoms with van der Waals surface area (Å²) in [5.74, 6) is -0.489. The average Bonchev–Trinajstić information content (AvgIpc) is 2.33. The van der Waals surface area contributed by atoms with Crippen molar-refractivity contribution in [1.82, 2.24) is 0 Å². The fourth-order valence-corrected chi connectivity index (χ4v) is 2.08. The Labute approximate surface area is 117 Å². The summed E-state index contributed by atoms with van der Waals surface area (Å²) in [5.41, 5.74) is 1.78. The monoisotopic (exact) mass is 324 g/mol. The van der Waals surface area contributed by atoms with Crippen molar-refractivity contribution >= 4 is 38.9 Å². The zero-order valence-electron chi connectivity index (χ0n) is 9.05. The number of rotatable bonds is 2. The summed E-state index contributed by atoms with van der Waals surface area (Å²) in [7, 11) is 0. The number of halogens is 3. The van der Waals surface area contributed by atoms with Crippen molar-refractivity contribution in [2.75, 3.05) is 5.32 Å². The Bertz CT molecular complexity index is 637. The standard InChI is InChI=1S/C13H7BrClFN2/c14-9-3-8(7-17)4-11(5-9)18-10-1-2-12(15)13(16)6-10/h1-6,18H. The number of anilines is 2. The van der Waals surface area contributed by atoms with Crippen LogP contribution in [-0.4, -0.2) is 0 Å². The number of nitriles is 1. The Balaban J connectivity index is 2.31. The molecule has 2 nitrogen and oxygen atoms in total. The number of hydrogen-bond donors (Lipinski definition) is 1. The summed E-state index contributed by atoms with van der Waals surface area (Å²) < 4.78 is 14.0. The van der Waals surface area contributed by atoms with Gasteiger partial charge < -0.3 is 5.32 Å². The van der Waals surface area contributed by atoms with Gasteiger partial charge in [-0.3, -0.25) is 0 Å². The molecular weight excluding hydrogens is 319 g/mol. The summed E-state index contributed by atoms with van der Waals surface area (Å²) in [4.78, 5) is 0. The lowest BCUT2D eigenvalue weighted by Gasteiger charge is -2.08. The third-order valence-corrected chi connectivity index (χ3v) is 3.00. The van der Waals surface area contributed by atoms with Crippen LogP contribution in [0.2, 0.25) is 5.02 Å². The number of nitrogens with one attached hydrogen (secondary N) is 1. The summed E-state index contributed by atoms with van der Waals surface area (Å²) in [5, 5.41) is 11.9. The number of benzene rings is 2. The van der Waals surface area contributed by atoms with Gasteiger partial charge in [-0.05, 0) is 36.4 Å². The quantitative estimate of drug-likeness (QED) is 0.856. The van der Waals surface area contributed by atoms with Crippen LogP contribution >= 0.6 is 27.5 Å². The van der Waals surface area contributed by atoms with Gasteiger partial charge in [0.1, 0.15) is 5.82 Å². The molecule has 0 saturated carbocycles. The average molecular weight is 326 g/mol. The van der Waals surface area contributed by atoms with E-state index in [0.29, 0.717) is 16.9 Å². The molecule has 0 aliphatic heterocycles. The molecule has 0 amide bonds. The van der Waals surface area contributed by atoms with Gasteiger partial charge in [-0.1, -0.05) is 27.5 Å². The molecule has 0 radical (unpaired) electrons. The van der Waals surface area contributed by atoms with Crippen molar-refractivity contribution in [2.24, 2.45) is 0 Å². The third-order valence-electron chi connectivity index (χ3n) is 2.24. The van der Waals surface area contributed by atoms with Crippen LogP contribution in [0.15, 0.2) is 40.9 Å². The number of hydrogen-bond acceptors (Lipinski definition) is 2. The minimum Gasteiger partial charge on any atom is -0.355 e. The van der Waals surface area contributed by atoms with E-state index in [-0.39, 0.29) is 5.02 Å². The highest BCUT2D eigenvalue weighted by Gasteiger charge is 2.03. The van der Waals surface area contributed by atoms with Gasteiger partial charge in [-0.15, -0.1) is 0 Å². The predicted octanol–water partition coefficient (Wildman–Crippen LogP) is 4.86. The van der Waals surface area contributed by atoms with E-state index in [4.69, 9.17) is 16.9 Å². The topological polar surface area (TPSA) is 35.8 Å². The highest BCUT2D eigenvalue weighted by Crippen LogP contribution is 2.25. The molecule has 2 rings (SSSR count). The zero-order chi connectivity index (χ0) is 13.1. The second-order valence-electron chi connectivity index (χ2n) is 3.59. The van der Waals surface area contributed by atoms with Crippen LogP contribution in [0.4, 0.5) is 15.8 Å². The molecule has 0 fully saturated rings. The van der Waals surface area contributed by atoms with Crippen molar-refractivity contribution in [3.63, 3.8) is 0 Å². The fourth-order valence-electron chi connectivity index (χ4n) is 1.47. The van der Waals surface area contributed by atoms with Gasteiger partial charge in [0.05, 0.1) is 16.7 Å². The van der Waals surface area contributed by atoms with Gasteiger partial charge in [0, 0.05) is 15.8 Å². The molecule has 0 aliphatic rings. The summed E-state index contributed by atoms with van der Waals surface area (Å²) in [6, 6.07) is 11.7. The largest absolute Gasteiger partial charge is 0.355 e. The van der Waals surface area contributed by atoms with Gasteiger partial charge in [0.15, 0.2) is 0 Å². The first-order valence-corrected chi connectivity index (χ1v) is 6.18. The maximum atomic E-state index is 13.3. The van der Waals surface area contributed by atoms with Crippen molar-refractivity contribution in [1.29, 1.82) is 5.26 Å². The minimum absolute atomic E-state index is 0.0764. The fraction of sp³-hybridized carbons (Fsp3) is 0. The Morgan fingerprint density at radius 1 is 1.17 bits per heavy atom. The highest BCUT2D eigenvalue weighted by atomic mass is 79.9. The summed E-state index contributed by atoms with van der Waals surface area (Å²) in [6.45, 7) is 0. The van der Waals surface area contributed by atoms with E-state index in [1.165, 1.54) is 12.1 Å². The van der Waals surface area contributed by atoms with Crippen LogP contribution in [0.1, 0.15) is 5.56 Å². The molecule has 0 spiro atoms. The Kier molecular flexibility index (Phi) is 3.85. The van der Waals surface area contributed by atoms with Crippen LogP contribution in [0.25, 0.3) is 0 Å². The predicted molar refractivity (Wildman–Crippen MR) is 73.5 cm³/mol. The van der Waals surface area contributed by atoms with E-state index < -0.39 is 5.82 Å². The van der Waals surface area contributed by atoms with Gasteiger partial charge in [0.25, 0.3) is 0 Å². The summed E-state index contributed by atoms with van der Waals surface area (Å²) in [6.07, 6.45) is 0. The van der Waals surface area contributed by atoms with Gasteiger partial charge in [-0.25, -0.2) is 4.39 Å². The SMILES string of the molecule is N#Cc1cc(Br)cc(Nc2ccc(Cl)c(F)c2)c1. The lowest BCUT2D eigenvalue weighted by atomic mass is 10.2. The van der Waals surface area contributed by atoms with Crippen LogP contribution in [0.5, 0.6) is 0 Å². The highest BCUT2D eigenvalue weighted by molar-refractivity contribution is 9.10. The van der Waals surface area contributed by atoms with E-state index in [9.17, 15) is 4.39 Å². The first-order valence-electron chi connectivity index (χ1n) is 5.01. The molecule has 0 aliphatic carbocycles. The van der Waals surface area contributed by atoms with Crippen molar-refractivity contribution < 1.29 is 4.39 Å². The van der Waals surface area contributed by atoms with E-state index >= 15 is 0 Å². The van der Waals surface area contributed by atoms with E-state index in [2.05, 4.69) is 21.2 Å². The van der Waals surface area contributed by atoms with Crippen LogP contribution in [0, 0.1) is 17.1 Å². The molecule has 0 aromatic heterocycles. The Hall–Kier alpha value is -1.57. The van der Waals surface area contributed by atoms with Crippen molar-refractivity contribution in [3.05, 3.63) is 57.3 Å². The first kappa shape index (κ1) is 12.9.